The average Bonchev–Trinajstić information content (AvgIpc) is 3.38. The number of carboxylic acid groups (broad SMARTS) is 1. The molecule has 2 N–H and O–H groups in total. The second-order valence-electron chi connectivity index (χ2n) is 11.7. The van der Waals surface area contributed by atoms with E-state index in [0.29, 0.717) is 36.9 Å². The van der Waals surface area contributed by atoms with Crippen molar-refractivity contribution in [3.05, 3.63) is 133 Å². The van der Waals surface area contributed by atoms with Crippen LogP contribution >= 0.6 is 0 Å². The minimum absolute atomic E-state index is 0.0514. The van der Waals surface area contributed by atoms with Crippen LogP contribution in [-0.4, -0.2) is 37.8 Å². The van der Waals surface area contributed by atoms with Crippen LogP contribution in [0, 0.1) is 26.1 Å². The molecule has 0 spiro atoms. The Morgan fingerprint density at radius 1 is 0.851 bits per heavy atom. The number of nitro groups is 2. The highest BCUT2D eigenvalue weighted by atomic mass is 16.6. The maximum atomic E-state index is 13.7. The summed E-state index contributed by atoms with van der Waals surface area (Å²) in [6.07, 6.45) is 4.89. The summed E-state index contributed by atoms with van der Waals surface area (Å²) in [4.78, 5) is 45.9. The molecule has 1 heterocycles. The normalized spacial score (nSPS) is 11.0. The van der Waals surface area contributed by atoms with Gasteiger partial charge in [-0.15, -0.1) is 0 Å². The van der Waals surface area contributed by atoms with Gasteiger partial charge in [0.1, 0.15) is 0 Å². The number of aliphatic carboxylic acids is 1. The monoisotopic (exact) mass is 640 g/mol. The summed E-state index contributed by atoms with van der Waals surface area (Å²) >= 11 is 0. The number of anilines is 1. The fourth-order valence-electron chi connectivity index (χ4n) is 5.83. The highest BCUT2D eigenvalue weighted by Gasteiger charge is 2.20. The molecule has 0 fully saturated rings. The van der Waals surface area contributed by atoms with Gasteiger partial charge >= 0.3 is 5.97 Å². The van der Waals surface area contributed by atoms with Crippen LogP contribution in [0.25, 0.3) is 0 Å². The number of aryl methyl sites for hydroxylation is 3. The Kier molecular flexibility index (Phi) is 12.0. The molecular formula is C36H40N4O7. The van der Waals surface area contributed by atoms with Crippen molar-refractivity contribution >= 4 is 28.8 Å². The molecule has 1 aromatic heterocycles. The molecule has 11 heteroatoms. The summed E-state index contributed by atoms with van der Waals surface area (Å²) in [5.74, 6) is -0.720. The fraction of sp³-hybridized carbons (Fsp3) is 0.333. The number of hydrogen-bond donors (Lipinski definition) is 2. The third-order valence-electron chi connectivity index (χ3n) is 8.56. The third-order valence-corrected chi connectivity index (χ3v) is 8.56. The van der Waals surface area contributed by atoms with Gasteiger partial charge in [0.15, 0.2) is 5.78 Å². The van der Waals surface area contributed by atoms with Crippen LogP contribution in [0.1, 0.15) is 71.0 Å². The first kappa shape index (κ1) is 34.6. The molecule has 47 heavy (non-hydrogen) atoms. The van der Waals surface area contributed by atoms with Crippen molar-refractivity contribution in [2.75, 3.05) is 11.9 Å². The predicted molar refractivity (Wildman–Crippen MR) is 180 cm³/mol. The molecule has 246 valence electrons. The van der Waals surface area contributed by atoms with Crippen molar-refractivity contribution in [3.63, 3.8) is 0 Å². The smallest absolute Gasteiger partial charge is 0.303 e. The number of hydrogen-bond acceptors (Lipinski definition) is 7. The van der Waals surface area contributed by atoms with Crippen LogP contribution in [0.3, 0.4) is 0 Å². The van der Waals surface area contributed by atoms with Crippen LogP contribution in [-0.2, 0) is 37.5 Å². The first-order valence-corrected chi connectivity index (χ1v) is 15.8. The maximum absolute atomic E-state index is 13.7. The average molecular weight is 641 g/mol. The van der Waals surface area contributed by atoms with Crippen molar-refractivity contribution in [1.29, 1.82) is 0 Å². The Bertz CT molecular complexity index is 1650. The molecule has 0 bridgehead atoms. The zero-order valence-electron chi connectivity index (χ0n) is 26.7. The summed E-state index contributed by atoms with van der Waals surface area (Å²) in [5.41, 5.74) is 5.94. The van der Waals surface area contributed by atoms with E-state index in [-0.39, 0.29) is 29.5 Å². The lowest BCUT2D eigenvalue weighted by atomic mass is 9.92. The number of nitro benzene ring substituents is 2. The van der Waals surface area contributed by atoms with Gasteiger partial charge in [-0.05, 0) is 80.2 Å². The van der Waals surface area contributed by atoms with Gasteiger partial charge in [0.2, 0.25) is 0 Å². The van der Waals surface area contributed by atoms with Gasteiger partial charge in [-0.3, -0.25) is 29.8 Å². The topological polar surface area (TPSA) is 158 Å². The van der Waals surface area contributed by atoms with Crippen LogP contribution in [0.2, 0.25) is 0 Å². The SMILES string of the molecule is CCc1c(C(=O)c2cccc(NCC(CCc3ccc([N+](=O)[O-])cc3)CCc3ccc([N+](=O)[O-])cc3)c2)cc(CCCC(=O)O)n1C. The van der Waals surface area contributed by atoms with E-state index in [2.05, 4.69) is 5.32 Å². The molecule has 3 aromatic carbocycles. The molecule has 11 nitrogen and oxygen atoms in total. The molecule has 0 aliphatic rings. The summed E-state index contributed by atoms with van der Waals surface area (Å²) in [7, 11) is 1.91. The van der Waals surface area contributed by atoms with Crippen molar-refractivity contribution in [3.8, 4) is 0 Å². The second kappa shape index (κ2) is 16.3. The molecular weight excluding hydrogens is 600 g/mol. The van der Waals surface area contributed by atoms with Crippen LogP contribution < -0.4 is 5.32 Å². The Balaban J connectivity index is 1.46. The first-order chi connectivity index (χ1) is 22.5. The highest BCUT2D eigenvalue weighted by Crippen LogP contribution is 2.24. The van der Waals surface area contributed by atoms with E-state index in [1.165, 1.54) is 24.3 Å². The number of nitrogens with zero attached hydrogens (tertiary/aromatic N) is 3. The minimum Gasteiger partial charge on any atom is -0.481 e. The number of non-ortho nitro benzene ring substituents is 2. The second-order valence-corrected chi connectivity index (χ2v) is 11.7. The third kappa shape index (κ3) is 9.59. The first-order valence-electron chi connectivity index (χ1n) is 15.8. The summed E-state index contributed by atoms with van der Waals surface area (Å²) in [6.45, 7) is 2.62. The van der Waals surface area contributed by atoms with E-state index in [9.17, 15) is 29.8 Å². The van der Waals surface area contributed by atoms with E-state index < -0.39 is 15.8 Å². The number of benzene rings is 3. The lowest BCUT2D eigenvalue weighted by molar-refractivity contribution is -0.385. The number of rotatable bonds is 18. The molecule has 4 aromatic rings. The van der Waals surface area contributed by atoms with Crippen LogP contribution in [0.4, 0.5) is 17.1 Å². The molecule has 0 radical (unpaired) electrons. The summed E-state index contributed by atoms with van der Waals surface area (Å²) < 4.78 is 2.00. The number of ketones is 1. The fourth-order valence-corrected chi connectivity index (χ4v) is 5.83. The number of carbonyl (C=O) groups excluding carboxylic acids is 1. The number of nitrogens with one attached hydrogen (secondary N) is 1. The molecule has 4 rings (SSSR count). The minimum atomic E-state index is -0.838. The van der Waals surface area contributed by atoms with Gasteiger partial charge in [-0.25, -0.2) is 0 Å². The molecule has 0 saturated carbocycles. The van der Waals surface area contributed by atoms with E-state index in [1.54, 1.807) is 30.3 Å². The standard InChI is InChI=1S/C36H40N4O7/c1-3-34-33(23-32(38(34)2)8-5-9-35(41)42)36(43)28-6-4-7-29(22-28)37-24-27(12-10-25-14-18-30(19-15-25)39(44)45)13-11-26-16-20-31(21-17-26)40(46)47/h4,6-7,14-23,27,37H,3,5,8-13,24H2,1-2H3,(H,41,42). The van der Waals surface area contributed by atoms with E-state index in [1.807, 2.05) is 42.8 Å². The molecule has 0 saturated heterocycles. The van der Waals surface area contributed by atoms with Crippen LogP contribution in [0.5, 0.6) is 0 Å². The van der Waals surface area contributed by atoms with Gasteiger partial charge in [0.25, 0.3) is 11.4 Å². The zero-order chi connectivity index (χ0) is 33.9. The predicted octanol–water partition coefficient (Wildman–Crippen LogP) is 7.34. The highest BCUT2D eigenvalue weighted by molar-refractivity contribution is 6.10. The Morgan fingerprint density at radius 2 is 1.43 bits per heavy atom. The van der Waals surface area contributed by atoms with Crippen molar-refractivity contribution in [2.24, 2.45) is 13.0 Å². The lowest BCUT2D eigenvalue weighted by Gasteiger charge is -2.19. The van der Waals surface area contributed by atoms with Gasteiger partial charge in [0.05, 0.1) is 9.85 Å². The molecule has 0 unspecified atom stereocenters. The molecule has 0 aliphatic heterocycles. The quantitative estimate of drug-likeness (QED) is 0.0650. The van der Waals surface area contributed by atoms with E-state index in [0.717, 1.165) is 53.9 Å². The van der Waals surface area contributed by atoms with Gasteiger partial charge in [0, 0.05) is 72.5 Å². The van der Waals surface area contributed by atoms with Crippen LogP contribution in [0.15, 0.2) is 78.9 Å². The van der Waals surface area contributed by atoms with Gasteiger partial charge in [-0.1, -0.05) is 43.3 Å². The van der Waals surface area contributed by atoms with Gasteiger partial charge in [-0.2, -0.15) is 0 Å². The summed E-state index contributed by atoms with van der Waals surface area (Å²) in [6, 6.07) is 22.5. The number of aromatic nitrogens is 1. The lowest BCUT2D eigenvalue weighted by Crippen LogP contribution is -2.17. The Labute approximate surface area is 273 Å². The maximum Gasteiger partial charge on any atom is 0.303 e. The number of carboxylic acids is 1. The Morgan fingerprint density at radius 3 is 1.94 bits per heavy atom. The largest absolute Gasteiger partial charge is 0.481 e. The van der Waals surface area contributed by atoms with Gasteiger partial charge < -0.3 is 15.0 Å². The van der Waals surface area contributed by atoms with E-state index in [4.69, 9.17) is 5.11 Å². The van der Waals surface area contributed by atoms with Crippen molar-refractivity contribution < 1.29 is 24.5 Å². The van der Waals surface area contributed by atoms with Crippen molar-refractivity contribution in [1.82, 2.24) is 4.57 Å². The molecule has 0 aliphatic carbocycles. The zero-order valence-corrected chi connectivity index (χ0v) is 26.7. The van der Waals surface area contributed by atoms with E-state index >= 15 is 0 Å². The summed E-state index contributed by atoms with van der Waals surface area (Å²) in [5, 5.41) is 34.6. The molecule has 0 amide bonds. The molecule has 0 atom stereocenters. The Hall–Kier alpha value is -5.32. The number of carbonyl (C=O) groups is 2. The van der Waals surface area contributed by atoms with Crippen molar-refractivity contribution in [2.45, 2.75) is 58.3 Å².